The fourth-order valence-corrected chi connectivity index (χ4v) is 2.98. The molecule has 3 nitrogen and oxygen atoms in total. The highest BCUT2D eigenvalue weighted by Gasteiger charge is 2.15. The van der Waals surface area contributed by atoms with Gasteiger partial charge in [0.15, 0.2) is 0 Å². The van der Waals surface area contributed by atoms with Crippen molar-refractivity contribution >= 4 is 32.6 Å². The maximum Gasteiger partial charge on any atom is 0.240 e. The monoisotopic (exact) mass is 367 g/mol. The Morgan fingerprint density at radius 2 is 1.71 bits per heavy atom. The van der Waals surface area contributed by atoms with Gasteiger partial charge in [-0.05, 0) is 52.8 Å². The van der Waals surface area contributed by atoms with Crippen LogP contribution >= 0.6 is 22.6 Å². The third-order valence-corrected chi connectivity index (χ3v) is 5.00. The van der Waals surface area contributed by atoms with Crippen molar-refractivity contribution in [2.75, 3.05) is 6.54 Å². The molecule has 0 unspecified atom stereocenters. The van der Waals surface area contributed by atoms with Crippen LogP contribution in [-0.2, 0) is 10.0 Å². The predicted octanol–water partition coefficient (Wildman–Crippen LogP) is 3.01. The van der Waals surface area contributed by atoms with E-state index >= 15 is 0 Å². The molecule has 1 aromatic carbocycles. The molecule has 0 saturated carbocycles. The number of hydrogen-bond acceptors (Lipinski definition) is 2. The third kappa shape index (κ3) is 4.56. The Balaban J connectivity index is 2.72. The first-order valence-electron chi connectivity index (χ1n) is 5.74. The van der Waals surface area contributed by atoms with E-state index in [-0.39, 0.29) is 0 Å². The first kappa shape index (κ1) is 14.9. The highest BCUT2D eigenvalue weighted by atomic mass is 127. The molecule has 1 N–H and O–H groups in total. The van der Waals surface area contributed by atoms with Crippen molar-refractivity contribution in [2.45, 2.75) is 31.6 Å². The second-order valence-electron chi connectivity index (χ2n) is 3.99. The Bertz CT molecular complexity index is 438. The second-order valence-corrected chi connectivity index (χ2v) is 7.00. The van der Waals surface area contributed by atoms with E-state index in [4.69, 9.17) is 0 Å². The summed E-state index contributed by atoms with van der Waals surface area (Å²) in [4.78, 5) is 0.337. The van der Waals surface area contributed by atoms with Crippen molar-refractivity contribution in [1.82, 2.24) is 4.72 Å². The van der Waals surface area contributed by atoms with Crippen LogP contribution in [0, 0.1) is 9.49 Å². The van der Waals surface area contributed by atoms with Gasteiger partial charge in [0.25, 0.3) is 0 Å². The molecule has 0 spiro atoms. The maximum atomic E-state index is 12.0. The summed E-state index contributed by atoms with van der Waals surface area (Å²) >= 11 is 2.15. The van der Waals surface area contributed by atoms with Gasteiger partial charge in [-0.3, -0.25) is 0 Å². The molecular weight excluding hydrogens is 349 g/mol. The second kappa shape index (κ2) is 6.70. The standard InChI is InChI=1S/C12H18INO2S/c1-3-10(4-2)9-14-17(15,16)12-7-5-11(13)6-8-12/h5-8,10,14H,3-4,9H2,1-2H3. The average molecular weight is 367 g/mol. The lowest BCUT2D eigenvalue weighted by Crippen LogP contribution is -2.29. The van der Waals surface area contributed by atoms with E-state index in [0.717, 1.165) is 16.4 Å². The van der Waals surface area contributed by atoms with Gasteiger partial charge in [0.2, 0.25) is 10.0 Å². The fraction of sp³-hybridized carbons (Fsp3) is 0.500. The van der Waals surface area contributed by atoms with Crippen LogP contribution in [0.15, 0.2) is 29.2 Å². The number of hydrogen-bond donors (Lipinski definition) is 1. The maximum absolute atomic E-state index is 12.0. The molecule has 1 aromatic rings. The molecular formula is C12H18INO2S. The molecule has 0 saturated heterocycles. The SMILES string of the molecule is CCC(CC)CNS(=O)(=O)c1ccc(I)cc1. The lowest BCUT2D eigenvalue weighted by molar-refractivity contribution is 0.479. The topological polar surface area (TPSA) is 46.2 Å². The van der Waals surface area contributed by atoms with Crippen molar-refractivity contribution < 1.29 is 8.42 Å². The number of nitrogens with one attached hydrogen (secondary N) is 1. The zero-order valence-electron chi connectivity index (χ0n) is 10.1. The Labute approximate surface area is 117 Å². The molecule has 0 aliphatic heterocycles. The molecule has 0 atom stereocenters. The van der Waals surface area contributed by atoms with Crippen molar-refractivity contribution in [1.29, 1.82) is 0 Å². The first-order valence-corrected chi connectivity index (χ1v) is 8.31. The number of halogens is 1. The Morgan fingerprint density at radius 1 is 1.18 bits per heavy atom. The molecule has 0 bridgehead atoms. The molecule has 17 heavy (non-hydrogen) atoms. The summed E-state index contributed by atoms with van der Waals surface area (Å²) in [7, 11) is -3.35. The first-order chi connectivity index (χ1) is 7.99. The highest BCUT2D eigenvalue weighted by Crippen LogP contribution is 2.13. The number of rotatable bonds is 6. The third-order valence-electron chi connectivity index (χ3n) is 2.84. The minimum absolute atomic E-state index is 0.337. The summed E-state index contributed by atoms with van der Waals surface area (Å²) in [6, 6.07) is 6.87. The quantitative estimate of drug-likeness (QED) is 0.786. The molecule has 0 heterocycles. The van der Waals surface area contributed by atoms with E-state index < -0.39 is 10.0 Å². The summed E-state index contributed by atoms with van der Waals surface area (Å²) in [5.74, 6) is 0.411. The van der Waals surface area contributed by atoms with Crippen LogP contribution in [0.25, 0.3) is 0 Å². The van der Waals surface area contributed by atoms with E-state index in [9.17, 15) is 8.42 Å². The Hall–Kier alpha value is -0.140. The van der Waals surface area contributed by atoms with Gasteiger partial charge in [-0.1, -0.05) is 26.7 Å². The average Bonchev–Trinajstić information content (AvgIpc) is 2.31. The van der Waals surface area contributed by atoms with Gasteiger partial charge in [0, 0.05) is 10.1 Å². The molecule has 0 amide bonds. The summed E-state index contributed by atoms with van der Waals surface area (Å²) in [5.41, 5.74) is 0. The summed E-state index contributed by atoms with van der Waals surface area (Å²) in [6.07, 6.45) is 1.98. The minimum Gasteiger partial charge on any atom is -0.211 e. The molecule has 0 fully saturated rings. The summed E-state index contributed by atoms with van der Waals surface area (Å²) < 4.78 is 27.6. The van der Waals surface area contributed by atoms with Crippen LogP contribution in [0.5, 0.6) is 0 Å². The van der Waals surface area contributed by atoms with E-state index in [1.807, 2.05) is 0 Å². The molecule has 5 heteroatoms. The van der Waals surface area contributed by atoms with Gasteiger partial charge in [-0.2, -0.15) is 0 Å². The van der Waals surface area contributed by atoms with E-state index in [0.29, 0.717) is 17.4 Å². The number of sulfonamides is 1. The van der Waals surface area contributed by atoms with Crippen molar-refractivity contribution in [3.05, 3.63) is 27.8 Å². The zero-order chi connectivity index (χ0) is 12.9. The van der Waals surface area contributed by atoms with Gasteiger partial charge in [0.1, 0.15) is 0 Å². The molecule has 1 rings (SSSR count). The molecule has 0 radical (unpaired) electrons. The van der Waals surface area contributed by atoms with Crippen molar-refractivity contribution in [2.24, 2.45) is 5.92 Å². The Kier molecular flexibility index (Phi) is 5.88. The number of benzene rings is 1. The van der Waals surface area contributed by atoms with Gasteiger partial charge >= 0.3 is 0 Å². The van der Waals surface area contributed by atoms with E-state index in [1.165, 1.54) is 0 Å². The zero-order valence-corrected chi connectivity index (χ0v) is 13.1. The highest BCUT2D eigenvalue weighted by molar-refractivity contribution is 14.1. The lowest BCUT2D eigenvalue weighted by atomic mass is 10.0. The van der Waals surface area contributed by atoms with E-state index in [2.05, 4.69) is 41.2 Å². The minimum atomic E-state index is -3.35. The largest absolute Gasteiger partial charge is 0.240 e. The smallest absolute Gasteiger partial charge is 0.211 e. The molecule has 96 valence electrons. The van der Waals surface area contributed by atoms with Crippen LogP contribution in [-0.4, -0.2) is 15.0 Å². The lowest BCUT2D eigenvalue weighted by Gasteiger charge is -2.13. The van der Waals surface area contributed by atoms with Gasteiger partial charge in [-0.15, -0.1) is 0 Å². The summed E-state index contributed by atoms with van der Waals surface area (Å²) in [5, 5.41) is 0. The molecule has 0 aliphatic rings. The van der Waals surface area contributed by atoms with Crippen molar-refractivity contribution in [3.8, 4) is 0 Å². The van der Waals surface area contributed by atoms with Crippen LogP contribution in [0.4, 0.5) is 0 Å². The predicted molar refractivity (Wildman–Crippen MR) is 78.4 cm³/mol. The van der Waals surface area contributed by atoms with Crippen LogP contribution < -0.4 is 4.72 Å². The van der Waals surface area contributed by atoms with E-state index in [1.54, 1.807) is 24.3 Å². The van der Waals surface area contributed by atoms with Crippen LogP contribution in [0.1, 0.15) is 26.7 Å². The normalized spacial score (nSPS) is 12.0. The molecule has 0 aliphatic carbocycles. The molecule has 0 aromatic heterocycles. The van der Waals surface area contributed by atoms with Gasteiger partial charge in [0.05, 0.1) is 4.90 Å². The van der Waals surface area contributed by atoms with Gasteiger partial charge in [-0.25, -0.2) is 13.1 Å². The van der Waals surface area contributed by atoms with Crippen molar-refractivity contribution in [3.63, 3.8) is 0 Å². The van der Waals surface area contributed by atoms with Gasteiger partial charge < -0.3 is 0 Å². The van der Waals surface area contributed by atoms with Crippen LogP contribution in [0.3, 0.4) is 0 Å². The Morgan fingerprint density at radius 3 is 2.18 bits per heavy atom. The fourth-order valence-electron chi connectivity index (χ4n) is 1.50. The van der Waals surface area contributed by atoms with Crippen LogP contribution in [0.2, 0.25) is 0 Å². The summed E-state index contributed by atoms with van der Waals surface area (Å²) in [6.45, 7) is 4.67.